The molecule has 1 unspecified atom stereocenters. The number of methoxy groups -OCH3 is 2. The summed E-state index contributed by atoms with van der Waals surface area (Å²) >= 11 is 0. The van der Waals surface area contributed by atoms with E-state index in [1.54, 1.807) is 14.2 Å². The molecule has 0 bridgehead atoms. The molecule has 0 amide bonds. The van der Waals surface area contributed by atoms with Crippen molar-refractivity contribution in [2.45, 2.75) is 46.3 Å². The molecule has 1 heterocycles. The fraction of sp³-hybridized carbons (Fsp3) is 0.647. The van der Waals surface area contributed by atoms with Crippen LogP contribution in [-0.2, 0) is 6.42 Å². The highest BCUT2D eigenvalue weighted by Crippen LogP contribution is 2.47. The molecule has 0 aliphatic carbocycles. The molecule has 1 atom stereocenters. The Morgan fingerprint density at radius 1 is 1.10 bits per heavy atom. The summed E-state index contributed by atoms with van der Waals surface area (Å²) in [6, 6.07) is 2.38. The summed E-state index contributed by atoms with van der Waals surface area (Å²) in [5.41, 5.74) is 2.51. The lowest BCUT2D eigenvalue weighted by atomic mass is 9.86. The molecule has 4 heteroatoms. The zero-order valence-electron chi connectivity index (χ0n) is 13.9. The molecule has 0 saturated heterocycles. The van der Waals surface area contributed by atoms with Crippen LogP contribution in [0.15, 0.2) is 6.07 Å². The molecule has 2 rings (SSSR count). The summed E-state index contributed by atoms with van der Waals surface area (Å²) < 4.78 is 17.2. The van der Waals surface area contributed by atoms with E-state index in [4.69, 9.17) is 14.2 Å². The van der Waals surface area contributed by atoms with Crippen molar-refractivity contribution in [2.24, 2.45) is 5.92 Å². The summed E-state index contributed by atoms with van der Waals surface area (Å²) in [6.07, 6.45) is 1.05. The average Bonchev–Trinajstić information content (AvgIpc) is 2.45. The number of rotatable bonds is 5. The summed E-state index contributed by atoms with van der Waals surface area (Å²) in [5, 5.41) is 3.59. The Hall–Kier alpha value is -1.42. The van der Waals surface area contributed by atoms with E-state index < -0.39 is 0 Å². The maximum atomic E-state index is 5.97. The van der Waals surface area contributed by atoms with Crippen LogP contribution >= 0.6 is 0 Å². The summed E-state index contributed by atoms with van der Waals surface area (Å²) in [7, 11) is 3.38. The predicted molar refractivity (Wildman–Crippen MR) is 84.6 cm³/mol. The van der Waals surface area contributed by atoms with E-state index in [9.17, 15) is 0 Å². The quantitative estimate of drug-likeness (QED) is 0.904. The van der Waals surface area contributed by atoms with Crippen LogP contribution in [0.1, 0.15) is 44.9 Å². The van der Waals surface area contributed by atoms with Crippen molar-refractivity contribution in [2.75, 3.05) is 20.8 Å². The Morgan fingerprint density at radius 2 is 1.81 bits per heavy atom. The Bertz CT molecular complexity index is 497. The molecular weight excluding hydrogens is 266 g/mol. The molecule has 0 aromatic heterocycles. The predicted octanol–water partition coefficient (Wildman–Crippen LogP) is 3.33. The first kappa shape index (κ1) is 16.0. The van der Waals surface area contributed by atoms with E-state index in [0.29, 0.717) is 11.7 Å². The van der Waals surface area contributed by atoms with Gasteiger partial charge in [-0.15, -0.1) is 0 Å². The van der Waals surface area contributed by atoms with Crippen molar-refractivity contribution in [1.82, 2.24) is 5.32 Å². The minimum absolute atomic E-state index is 0.0694. The molecule has 0 radical (unpaired) electrons. The molecule has 21 heavy (non-hydrogen) atoms. The summed E-state index contributed by atoms with van der Waals surface area (Å²) in [5.74, 6) is 2.76. The van der Waals surface area contributed by atoms with Gasteiger partial charge in [0.05, 0.1) is 20.3 Å². The van der Waals surface area contributed by atoms with E-state index in [2.05, 4.69) is 25.2 Å². The Balaban J connectivity index is 2.63. The highest BCUT2D eigenvalue weighted by Gasteiger charge is 2.30. The van der Waals surface area contributed by atoms with Crippen molar-refractivity contribution in [3.05, 3.63) is 17.2 Å². The zero-order valence-corrected chi connectivity index (χ0v) is 13.9. The third-order valence-electron chi connectivity index (χ3n) is 3.84. The minimum Gasteiger partial charge on any atom is -0.493 e. The number of ether oxygens (including phenoxy) is 3. The lowest BCUT2D eigenvalue weighted by Gasteiger charge is -2.33. The van der Waals surface area contributed by atoms with E-state index in [1.807, 2.05) is 13.8 Å². The standard InChI is InChI=1S/C17H27NO3/c1-10(2)15-14-12(7-8-18-15)9-13(19-5)16(17(14)20-6)21-11(3)4/h9-11,15,18H,7-8H2,1-6H3. The first-order chi connectivity index (χ1) is 9.99. The molecule has 1 aliphatic rings. The maximum Gasteiger partial charge on any atom is 0.204 e. The fourth-order valence-electron chi connectivity index (χ4n) is 2.96. The second-order valence-corrected chi connectivity index (χ2v) is 6.11. The van der Waals surface area contributed by atoms with Gasteiger partial charge in [0, 0.05) is 11.6 Å². The SMILES string of the molecule is COc1cc2c(c(OC)c1OC(C)C)C(C(C)C)NCC2. The van der Waals surface area contributed by atoms with Crippen LogP contribution in [0.25, 0.3) is 0 Å². The van der Waals surface area contributed by atoms with E-state index in [1.165, 1.54) is 11.1 Å². The number of hydrogen-bond donors (Lipinski definition) is 1. The van der Waals surface area contributed by atoms with Crippen molar-refractivity contribution in [3.8, 4) is 17.2 Å². The van der Waals surface area contributed by atoms with Crippen LogP contribution in [-0.4, -0.2) is 26.9 Å². The smallest absolute Gasteiger partial charge is 0.204 e. The minimum atomic E-state index is 0.0694. The molecule has 0 fully saturated rings. The van der Waals surface area contributed by atoms with Gasteiger partial charge in [-0.1, -0.05) is 13.8 Å². The van der Waals surface area contributed by atoms with Crippen LogP contribution in [0, 0.1) is 5.92 Å². The Morgan fingerprint density at radius 3 is 2.33 bits per heavy atom. The van der Waals surface area contributed by atoms with Gasteiger partial charge < -0.3 is 19.5 Å². The fourth-order valence-corrected chi connectivity index (χ4v) is 2.96. The van der Waals surface area contributed by atoms with Crippen molar-refractivity contribution in [3.63, 3.8) is 0 Å². The molecule has 0 spiro atoms. The first-order valence-corrected chi connectivity index (χ1v) is 7.67. The summed E-state index contributed by atoms with van der Waals surface area (Å²) in [6.45, 7) is 9.44. The van der Waals surface area contributed by atoms with E-state index in [-0.39, 0.29) is 12.1 Å². The molecule has 0 saturated carbocycles. The van der Waals surface area contributed by atoms with E-state index >= 15 is 0 Å². The first-order valence-electron chi connectivity index (χ1n) is 7.67. The average molecular weight is 293 g/mol. The van der Waals surface area contributed by atoms with Crippen molar-refractivity contribution < 1.29 is 14.2 Å². The lowest BCUT2D eigenvalue weighted by Crippen LogP contribution is -2.33. The highest BCUT2D eigenvalue weighted by atomic mass is 16.5. The number of hydrogen-bond acceptors (Lipinski definition) is 4. The topological polar surface area (TPSA) is 39.7 Å². The van der Waals surface area contributed by atoms with Gasteiger partial charge in [0.25, 0.3) is 0 Å². The van der Waals surface area contributed by atoms with Gasteiger partial charge >= 0.3 is 0 Å². The molecule has 1 N–H and O–H groups in total. The van der Waals surface area contributed by atoms with Gasteiger partial charge in [0.1, 0.15) is 0 Å². The number of nitrogens with one attached hydrogen (secondary N) is 1. The Labute approximate surface area is 127 Å². The normalized spacial score (nSPS) is 17.8. The van der Waals surface area contributed by atoms with Crippen LogP contribution in [0.5, 0.6) is 17.2 Å². The van der Waals surface area contributed by atoms with Crippen LogP contribution in [0.2, 0.25) is 0 Å². The highest BCUT2D eigenvalue weighted by molar-refractivity contribution is 5.61. The molecule has 1 aromatic rings. The van der Waals surface area contributed by atoms with Gasteiger partial charge in [-0.3, -0.25) is 0 Å². The molecule has 118 valence electrons. The number of fused-ring (bicyclic) bond motifs is 1. The zero-order chi connectivity index (χ0) is 15.6. The van der Waals surface area contributed by atoms with Gasteiger partial charge in [-0.2, -0.15) is 0 Å². The lowest BCUT2D eigenvalue weighted by molar-refractivity contribution is 0.215. The number of benzene rings is 1. The van der Waals surface area contributed by atoms with Gasteiger partial charge in [0.15, 0.2) is 11.5 Å². The van der Waals surface area contributed by atoms with Crippen LogP contribution in [0.3, 0.4) is 0 Å². The third-order valence-corrected chi connectivity index (χ3v) is 3.84. The summed E-state index contributed by atoms with van der Waals surface area (Å²) in [4.78, 5) is 0. The maximum absolute atomic E-state index is 5.97. The molecule has 1 aliphatic heterocycles. The molecule has 4 nitrogen and oxygen atoms in total. The Kier molecular flexibility index (Phi) is 4.99. The molecular formula is C17H27NO3. The second-order valence-electron chi connectivity index (χ2n) is 6.11. The van der Waals surface area contributed by atoms with Crippen LogP contribution in [0.4, 0.5) is 0 Å². The van der Waals surface area contributed by atoms with Gasteiger partial charge in [0.2, 0.25) is 5.75 Å². The van der Waals surface area contributed by atoms with Crippen LogP contribution < -0.4 is 19.5 Å². The van der Waals surface area contributed by atoms with Crippen molar-refractivity contribution in [1.29, 1.82) is 0 Å². The van der Waals surface area contributed by atoms with Crippen molar-refractivity contribution >= 4 is 0 Å². The second kappa shape index (κ2) is 6.56. The largest absolute Gasteiger partial charge is 0.493 e. The third kappa shape index (κ3) is 3.10. The van der Waals surface area contributed by atoms with E-state index in [0.717, 1.165) is 24.5 Å². The van der Waals surface area contributed by atoms with Gasteiger partial charge in [-0.05, 0) is 44.4 Å². The van der Waals surface area contributed by atoms with Gasteiger partial charge in [-0.25, -0.2) is 0 Å². The molecule has 1 aromatic carbocycles. The monoisotopic (exact) mass is 293 g/mol.